The third kappa shape index (κ3) is 9.10. The standard InChI is InChI=1S/C42H42N4O10S/c1-42(2,3)56-41(50)43-22-23-8-10-25(11-9-23)44-38(47)29-20-30-32(55-16-14-24-15-17-57-37(24)30)21-28(29)27-12-13-31(46-35(27)40(49)54-7)39(48)45-26-18-33(51-4)36(53-6)34(19-26)52-5/h8-13,15,17-21H,14,16,22H2,1-7H3,(H,43,50)(H,44,47)(H,45,48). The fourth-order valence-corrected chi connectivity index (χ4v) is 7.10. The van der Waals surface area contributed by atoms with Gasteiger partial charge in [-0.05, 0) is 79.7 Å². The highest BCUT2D eigenvalue weighted by molar-refractivity contribution is 7.13. The maximum absolute atomic E-state index is 14.3. The molecule has 0 atom stereocenters. The number of nitrogens with one attached hydrogen (secondary N) is 3. The SMILES string of the molecule is COC(=O)c1nc(C(=O)Nc2cc(OC)c(OC)c(OC)c2)ccc1-c1cc2c(cc1C(=O)Nc1ccc(CNC(=O)OC(C)(C)C)cc1)-c1sccc1CCO2. The van der Waals surface area contributed by atoms with Crippen molar-refractivity contribution in [3.63, 3.8) is 0 Å². The molecule has 2 aromatic heterocycles. The number of ether oxygens (including phenoxy) is 6. The summed E-state index contributed by atoms with van der Waals surface area (Å²) in [7, 11) is 5.58. The molecule has 15 heteroatoms. The zero-order chi connectivity index (χ0) is 40.9. The molecule has 0 bridgehead atoms. The minimum absolute atomic E-state index is 0.102. The number of hydrogen-bond donors (Lipinski definition) is 3. The second-order valence-corrected chi connectivity index (χ2v) is 14.6. The summed E-state index contributed by atoms with van der Waals surface area (Å²) in [6.07, 6.45) is 0.131. The Hall–Kier alpha value is -6.61. The van der Waals surface area contributed by atoms with Crippen molar-refractivity contribution in [3.05, 3.63) is 100 Å². The maximum Gasteiger partial charge on any atom is 0.407 e. The van der Waals surface area contributed by atoms with E-state index in [1.54, 1.807) is 75.4 Å². The number of fused-ring (bicyclic) bond motifs is 3. The number of nitrogens with zero attached hydrogens (tertiary/aromatic N) is 1. The Morgan fingerprint density at radius 2 is 1.49 bits per heavy atom. The van der Waals surface area contributed by atoms with Crippen LogP contribution in [0.1, 0.15) is 63.2 Å². The molecule has 3 N–H and O–H groups in total. The Kier molecular flexibility index (Phi) is 12.0. The molecule has 0 saturated carbocycles. The lowest BCUT2D eigenvalue weighted by atomic mass is 9.93. The Labute approximate surface area is 333 Å². The van der Waals surface area contributed by atoms with E-state index in [0.717, 1.165) is 21.6 Å². The molecule has 296 valence electrons. The molecule has 6 rings (SSSR count). The lowest BCUT2D eigenvalue weighted by Gasteiger charge is -2.19. The number of alkyl carbamates (subject to hydrolysis) is 1. The van der Waals surface area contributed by atoms with Crippen molar-refractivity contribution in [3.8, 4) is 44.6 Å². The van der Waals surface area contributed by atoms with E-state index in [0.29, 0.717) is 53.0 Å². The number of methoxy groups -OCH3 is 4. The molecular weight excluding hydrogens is 753 g/mol. The molecule has 57 heavy (non-hydrogen) atoms. The van der Waals surface area contributed by atoms with Gasteiger partial charge >= 0.3 is 12.1 Å². The molecule has 3 aromatic carbocycles. The molecule has 0 unspecified atom stereocenters. The summed E-state index contributed by atoms with van der Waals surface area (Å²) in [6, 6.07) is 18.6. The molecule has 0 saturated heterocycles. The molecule has 0 fully saturated rings. The number of aromatic nitrogens is 1. The smallest absolute Gasteiger partial charge is 0.407 e. The van der Waals surface area contributed by atoms with Gasteiger partial charge in [0.05, 0.1) is 35.0 Å². The fourth-order valence-electron chi connectivity index (χ4n) is 6.12. The quantitative estimate of drug-likeness (QED) is 0.112. The van der Waals surface area contributed by atoms with Gasteiger partial charge < -0.3 is 44.4 Å². The third-order valence-electron chi connectivity index (χ3n) is 8.75. The molecule has 3 heterocycles. The average Bonchev–Trinajstić information content (AvgIpc) is 3.59. The van der Waals surface area contributed by atoms with Crippen molar-refractivity contribution in [1.29, 1.82) is 0 Å². The van der Waals surface area contributed by atoms with Crippen molar-refractivity contribution in [1.82, 2.24) is 10.3 Å². The molecule has 3 amide bonds. The van der Waals surface area contributed by atoms with Crippen molar-refractivity contribution in [2.75, 3.05) is 45.7 Å². The molecule has 0 aliphatic carbocycles. The third-order valence-corrected chi connectivity index (χ3v) is 9.74. The number of carbonyl (C=O) groups excluding carboxylic acids is 4. The first-order valence-corrected chi connectivity index (χ1v) is 18.7. The first-order valence-electron chi connectivity index (χ1n) is 17.8. The van der Waals surface area contributed by atoms with Crippen molar-refractivity contribution in [2.24, 2.45) is 0 Å². The van der Waals surface area contributed by atoms with Crippen LogP contribution >= 0.6 is 11.3 Å². The summed E-state index contributed by atoms with van der Waals surface area (Å²) in [5, 5.41) is 10.4. The van der Waals surface area contributed by atoms with Crippen LogP contribution in [0.3, 0.4) is 0 Å². The Bertz CT molecular complexity index is 2310. The topological polar surface area (TPSA) is 173 Å². The highest BCUT2D eigenvalue weighted by Gasteiger charge is 2.27. The number of thiophene rings is 1. The van der Waals surface area contributed by atoms with Gasteiger partial charge in [-0.15, -0.1) is 11.3 Å². The minimum atomic E-state index is -0.828. The summed E-state index contributed by atoms with van der Waals surface area (Å²) in [5.41, 5.74) is 3.27. The molecule has 1 aliphatic heterocycles. The van der Waals surface area contributed by atoms with Gasteiger partial charge in [0.15, 0.2) is 17.2 Å². The van der Waals surface area contributed by atoms with Gasteiger partial charge in [0.2, 0.25) is 5.75 Å². The maximum atomic E-state index is 14.3. The first kappa shape index (κ1) is 40.1. The Morgan fingerprint density at radius 3 is 2.14 bits per heavy atom. The summed E-state index contributed by atoms with van der Waals surface area (Å²) >= 11 is 1.54. The zero-order valence-corrected chi connectivity index (χ0v) is 33.3. The van der Waals surface area contributed by atoms with E-state index in [1.165, 1.54) is 45.8 Å². The summed E-state index contributed by atoms with van der Waals surface area (Å²) < 4.78 is 32.8. The second kappa shape index (κ2) is 17.0. The van der Waals surface area contributed by atoms with Gasteiger partial charge in [0.1, 0.15) is 17.0 Å². The number of pyridine rings is 1. The van der Waals surface area contributed by atoms with Crippen LogP contribution in [-0.2, 0) is 22.4 Å². The van der Waals surface area contributed by atoms with Crippen molar-refractivity contribution < 1.29 is 47.6 Å². The number of amides is 3. The van der Waals surface area contributed by atoms with Crippen LogP contribution in [0, 0.1) is 0 Å². The summed E-state index contributed by atoms with van der Waals surface area (Å²) in [4.78, 5) is 58.8. The van der Waals surface area contributed by atoms with E-state index in [4.69, 9.17) is 28.4 Å². The van der Waals surface area contributed by atoms with E-state index < -0.39 is 29.5 Å². The number of benzene rings is 3. The van der Waals surface area contributed by atoms with Crippen molar-refractivity contribution >= 4 is 46.6 Å². The van der Waals surface area contributed by atoms with Crippen LogP contribution in [-0.4, -0.2) is 69.5 Å². The monoisotopic (exact) mass is 794 g/mol. The highest BCUT2D eigenvalue weighted by atomic mass is 32.1. The lowest BCUT2D eigenvalue weighted by molar-refractivity contribution is 0.0522. The largest absolute Gasteiger partial charge is 0.493 e. The summed E-state index contributed by atoms with van der Waals surface area (Å²) in [6.45, 7) is 5.98. The molecule has 0 radical (unpaired) electrons. The van der Waals surface area contributed by atoms with E-state index in [2.05, 4.69) is 20.9 Å². The van der Waals surface area contributed by atoms with E-state index in [-0.39, 0.29) is 29.1 Å². The van der Waals surface area contributed by atoms with E-state index in [1.807, 2.05) is 11.4 Å². The Morgan fingerprint density at radius 1 is 0.789 bits per heavy atom. The van der Waals surface area contributed by atoms with Crippen LogP contribution in [0.25, 0.3) is 21.6 Å². The average molecular weight is 795 g/mol. The van der Waals surface area contributed by atoms with Gasteiger partial charge in [-0.25, -0.2) is 14.6 Å². The summed E-state index contributed by atoms with van der Waals surface area (Å²) in [5.74, 6) is -0.437. The second-order valence-electron chi connectivity index (χ2n) is 13.7. The first-order chi connectivity index (χ1) is 27.3. The number of rotatable bonds is 11. The normalized spacial score (nSPS) is 11.8. The Balaban J connectivity index is 1.36. The number of esters is 1. The fraction of sp³-hybridized carbons (Fsp3) is 0.262. The predicted octanol–water partition coefficient (Wildman–Crippen LogP) is 7.75. The molecule has 1 aliphatic rings. The minimum Gasteiger partial charge on any atom is -0.493 e. The van der Waals surface area contributed by atoms with Crippen LogP contribution < -0.4 is 34.9 Å². The molecule has 5 aromatic rings. The van der Waals surface area contributed by atoms with Crippen LogP contribution in [0.5, 0.6) is 23.0 Å². The number of anilines is 2. The number of hydrogen-bond acceptors (Lipinski definition) is 12. The zero-order valence-electron chi connectivity index (χ0n) is 32.5. The molecule has 14 nitrogen and oxygen atoms in total. The van der Waals surface area contributed by atoms with Crippen LogP contribution in [0.15, 0.2) is 72.1 Å². The predicted molar refractivity (Wildman–Crippen MR) is 215 cm³/mol. The van der Waals surface area contributed by atoms with Crippen LogP contribution in [0.4, 0.5) is 16.2 Å². The van der Waals surface area contributed by atoms with Gasteiger partial charge in [0, 0.05) is 63.6 Å². The molecule has 0 spiro atoms. The van der Waals surface area contributed by atoms with Gasteiger partial charge in [0.25, 0.3) is 11.8 Å². The van der Waals surface area contributed by atoms with Gasteiger partial charge in [-0.3, -0.25) is 9.59 Å². The number of carbonyl (C=O) groups is 4. The highest BCUT2D eigenvalue weighted by Crippen LogP contribution is 2.44. The molecular formula is C42H42N4O10S. The van der Waals surface area contributed by atoms with E-state index in [9.17, 15) is 19.2 Å². The van der Waals surface area contributed by atoms with E-state index >= 15 is 0 Å². The van der Waals surface area contributed by atoms with Gasteiger partial charge in [-0.2, -0.15) is 0 Å². The van der Waals surface area contributed by atoms with Crippen molar-refractivity contribution in [2.45, 2.75) is 39.3 Å². The van der Waals surface area contributed by atoms with Gasteiger partial charge in [-0.1, -0.05) is 12.1 Å². The van der Waals surface area contributed by atoms with Crippen LogP contribution in [0.2, 0.25) is 0 Å². The lowest BCUT2D eigenvalue weighted by Crippen LogP contribution is -2.32.